The van der Waals surface area contributed by atoms with Crippen molar-refractivity contribution in [2.24, 2.45) is 0 Å². The highest BCUT2D eigenvalue weighted by molar-refractivity contribution is 5.43. The highest BCUT2D eigenvalue weighted by Crippen LogP contribution is 2.28. The summed E-state index contributed by atoms with van der Waals surface area (Å²) >= 11 is 0. The lowest BCUT2D eigenvalue weighted by Gasteiger charge is -2.30. The molecule has 0 saturated carbocycles. The van der Waals surface area contributed by atoms with Gasteiger partial charge in [-0.25, -0.2) is 0 Å². The Kier molecular flexibility index (Phi) is 9.09. The second-order valence-electron chi connectivity index (χ2n) is 8.18. The molecule has 2 heterocycles. The number of pyridine rings is 1. The lowest BCUT2D eigenvalue weighted by atomic mass is 10.1. The van der Waals surface area contributed by atoms with Gasteiger partial charge < -0.3 is 29.9 Å². The molecule has 1 aromatic heterocycles. The number of likely N-dealkylation sites (tertiary alicyclic amines) is 1. The van der Waals surface area contributed by atoms with Gasteiger partial charge in [-0.1, -0.05) is 12.1 Å². The number of hydrogen-bond donors (Lipinski definition) is 3. The molecule has 0 amide bonds. The Morgan fingerprint density at radius 3 is 2.74 bits per heavy atom. The van der Waals surface area contributed by atoms with Gasteiger partial charge in [-0.05, 0) is 49.6 Å². The Morgan fingerprint density at radius 1 is 1.19 bits per heavy atom. The Labute approximate surface area is 185 Å². The van der Waals surface area contributed by atoms with Crippen LogP contribution in [0.25, 0.3) is 0 Å². The van der Waals surface area contributed by atoms with Crippen molar-refractivity contribution in [2.75, 3.05) is 39.9 Å². The van der Waals surface area contributed by atoms with Gasteiger partial charge in [-0.2, -0.15) is 0 Å². The zero-order chi connectivity index (χ0) is 22.1. The molecular weight excluding hydrogens is 394 g/mol. The number of nitrogens with one attached hydrogen (secondary N) is 1. The van der Waals surface area contributed by atoms with Crippen LogP contribution in [0, 0.1) is 6.92 Å². The number of hydrogen-bond acceptors (Lipinski definition) is 7. The second kappa shape index (κ2) is 12.0. The molecule has 0 unspecified atom stereocenters. The van der Waals surface area contributed by atoms with Crippen molar-refractivity contribution in [1.82, 2.24) is 15.2 Å². The molecule has 3 N–H and O–H groups in total. The SMILES string of the molecule is COc1cc(CNCCc2cccc(C)n2)ccc1OC[C@@H](O)CN1CCC(O)CC1. The third-order valence-corrected chi connectivity index (χ3v) is 5.52. The molecular formula is C24H35N3O4. The number of nitrogens with zero attached hydrogens (tertiary/aromatic N) is 2. The molecule has 1 atom stereocenters. The fourth-order valence-electron chi connectivity index (χ4n) is 3.77. The van der Waals surface area contributed by atoms with Crippen LogP contribution in [0.2, 0.25) is 0 Å². The number of aliphatic hydroxyl groups is 2. The van der Waals surface area contributed by atoms with Gasteiger partial charge in [0.1, 0.15) is 12.7 Å². The highest BCUT2D eigenvalue weighted by atomic mass is 16.5. The summed E-state index contributed by atoms with van der Waals surface area (Å²) in [6, 6.07) is 12.0. The Balaban J connectivity index is 1.42. The maximum atomic E-state index is 10.3. The van der Waals surface area contributed by atoms with E-state index in [1.54, 1.807) is 7.11 Å². The molecule has 170 valence electrons. The van der Waals surface area contributed by atoms with E-state index >= 15 is 0 Å². The summed E-state index contributed by atoms with van der Waals surface area (Å²) in [5.41, 5.74) is 3.24. The number of β-amino-alcohol motifs (C(OH)–C–C–N with tert-alkyl or cyclic N) is 1. The van der Waals surface area contributed by atoms with E-state index in [0.717, 1.165) is 62.4 Å². The number of aryl methyl sites for hydroxylation is 1. The Bertz CT molecular complexity index is 809. The summed E-state index contributed by atoms with van der Waals surface area (Å²) in [5, 5.41) is 23.3. The van der Waals surface area contributed by atoms with Crippen molar-refractivity contribution in [3.63, 3.8) is 0 Å². The first-order valence-electron chi connectivity index (χ1n) is 11.0. The lowest BCUT2D eigenvalue weighted by Crippen LogP contribution is -2.41. The molecule has 3 rings (SSSR count). The Hall–Kier alpha value is -2.19. The average molecular weight is 430 g/mol. The molecule has 1 aliphatic rings. The molecule has 0 radical (unpaired) electrons. The van der Waals surface area contributed by atoms with Crippen molar-refractivity contribution < 1.29 is 19.7 Å². The van der Waals surface area contributed by atoms with Crippen molar-refractivity contribution in [3.05, 3.63) is 53.3 Å². The number of piperidine rings is 1. The first kappa shape index (κ1) is 23.5. The van der Waals surface area contributed by atoms with Gasteiger partial charge in [0.05, 0.1) is 13.2 Å². The highest BCUT2D eigenvalue weighted by Gasteiger charge is 2.20. The molecule has 1 fully saturated rings. The minimum atomic E-state index is -0.587. The molecule has 31 heavy (non-hydrogen) atoms. The van der Waals surface area contributed by atoms with E-state index in [0.29, 0.717) is 18.0 Å². The predicted molar refractivity (Wildman–Crippen MR) is 121 cm³/mol. The minimum Gasteiger partial charge on any atom is -0.493 e. The van der Waals surface area contributed by atoms with Crippen LogP contribution >= 0.6 is 0 Å². The Morgan fingerprint density at radius 2 is 2.00 bits per heavy atom. The normalized spacial score (nSPS) is 16.3. The number of aromatic nitrogens is 1. The van der Waals surface area contributed by atoms with Crippen molar-refractivity contribution in [3.8, 4) is 11.5 Å². The molecule has 7 heteroatoms. The first-order valence-corrected chi connectivity index (χ1v) is 11.0. The molecule has 1 aromatic carbocycles. The van der Waals surface area contributed by atoms with Crippen LogP contribution in [-0.4, -0.2) is 72.2 Å². The molecule has 2 aromatic rings. The van der Waals surface area contributed by atoms with Crippen LogP contribution in [0.5, 0.6) is 11.5 Å². The third kappa shape index (κ3) is 7.78. The molecule has 1 saturated heterocycles. The van der Waals surface area contributed by atoms with Crippen LogP contribution in [0.3, 0.4) is 0 Å². The van der Waals surface area contributed by atoms with Crippen LogP contribution < -0.4 is 14.8 Å². The predicted octanol–water partition coefficient (Wildman–Crippen LogP) is 1.93. The van der Waals surface area contributed by atoms with Crippen molar-refractivity contribution in [2.45, 2.75) is 44.9 Å². The van der Waals surface area contributed by atoms with E-state index in [4.69, 9.17) is 9.47 Å². The fraction of sp³-hybridized carbons (Fsp3) is 0.542. The molecule has 7 nitrogen and oxygen atoms in total. The van der Waals surface area contributed by atoms with Crippen LogP contribution in [0.15, 0.2) is 36.4 Å². The molecule has 0 bridgehead atoms. The summed E-state index contributed by atoms with van der Waals surface area (Å²) in [5.74, 6) is 1.29. The fourth-order valence-corrected chi connectivity index (χ4v) is 3.77. The maximum absolute atomic E-state index is 10.3. The van der Waals surface area contributed by atoms with Crippen LogP contribution in [0.1, 0.15) is 29.8 Å². The number of aliphatic hydroxyl groups excluding tert-OH is 2. The smallest absolute Gasteiger partial charge is 0.161 e. The van der Waals surface area contributed by atoms with Crippen molar-refractivity contribution in [1.29, 1.82) is 0 Å². The van der Waals surface area contributed by atoms with Gasteiger partial charge in [-0.3, -0.25) is 4.98 Å². The van der Waals surface area contributed by atoms with E-state index in [9.17, 15) is 10.2 Å². The van der Waals surface area contributed by atoms with E-state index < -0.39 is 6.10 Å². The van der Waals surface area contributed by atoms with Gasteiger partial charge in [0.15, 0.2) is 11.5 Å². The zero-order valence-corrected chi connectivity index (χ0v) is 18.6. The second-order valence-corrected chi connectivity index (χ2v) is 8.18. The summed E-state index contributed by atoms with van der Waals surface area (Å²) in [6.45, 7) is 5.95. The summed E-state index contributed by atoms with van der Waals surface area (Å²) in [7, 11) is 1.62. The number of benzene rings is 1. The van der Waals surface area contributed by atoms with Gasteiger partial charge in [-0.15, -0.1) is 0 Å². The standard InChI is InChI=1S/C24H35N3O4/c1-18-4-3-5-20(26-18)8-11-25-15-19-6-7-23(24(14-19)30-2)31-17-22(29)16-27-12-9-21(28)10-13-27/h3-7,14,21-22,25,28-29H,8-13,15-17H2,1-2H3/t22-/m0/s1. The van der Waals surface area contributed by atoms with E-state index in [1.165, 1.54) is 0 Å². The minimum absolute atomic E-state index is 0.205. The van der Waals surface area contributed by atoms with Gasteiger partial charge in [0.25, 0.3) is 0 Å². The van der Waals surface area contributed by atoms with E-state index in [1.807, 2.05) is 43.3 Å². The van der Waals surface area contributed by atoms with Crippen LogP contribution in [-0.2, 0) is 13.0 Å². The van der Waals surface area contributed by atoms with Gasteiger partial charge in [0, 0.05) is 50.5 Å². The molecule has 0 aliphatic carbocycles. The summed E-state index contributed by atoms with van der Waals surface area (Å²) in [6.07, 6.45) is 1.61. The van der Waals surface area contributed by atoms with Gasteiger partial charge >= 0.3 is 0 Å². The van der Waals surface area contributed by atoms with Crippen LogP contribution in [0.4, 0.5) is 0 Å². The molecule has 1 aliphatic heterocycles. The molecule has 0 spiro atoms. The van der Waals surface area contributed by atoms with E-state index in [2.05, 4.69) is 15.2 Å². The summed E-state index contributed by atoms with van der Waals surface area (Å²) < 4.78 is 11.3. The summed E-state index contributed by atoms with van der Waals surface area (Å²) in [4.78, 5) is 6.69. The number of ether oxygens (including phenoxy) is 2. The topological polar surface area (TPSA) is 87.1 Å². The van der Waals surface area contributed by atoms with Gasteiger partial charge in [0.2, 0.25) is 0 Å². The van der Waals surface area contributed by atoms with Crippen molar-refractivity contribution >= 4 is 0 Å². The quantitative estimate of drug-likeness (QED) is 0.471. The number of methoxy groups -OCH3 is 1. The van der Waals surface area contributed by atoms with E-state index in [-0.39, 0.29) is 12.7 Å². The largest absolute Gasteiger partial charge is 0.493 e. The lowest BCUT2D eigenvalue weighted by molar-refractivity contribution is 0.0333. The third-order valence-electron chi connectivity index (χ3n) is 5.52. The average Bonchev–Trinajstić information content (AvgIpc) is 2.77. The number of rotatable bonds is 11. The maximum Gasteiger partial charge on any atom is 0.161 e. The first-order chi connectivity index (χ1) is 15.0. The zero-order valence-electron chi connectivity index (χ0n) is 18.6. The monoisotopic (exact) mass is 429 g/mol.